The monoisotopic (exact) mass is 317 g/mol. The summed E-state index contributed by atoms with van der Waals surface area (Å²) in [6, 6.07) is 5.50. The highest BCUT2D eigenvalue weighted by Gasteiger charge is 2.21. The summed E-state index contributed by atoms with van der Waals surface area (Å²) >= 11 is 0. The topological polar surface area (TPSA) is 61.4 Å². The smallest absolute Gasteiger partial charge is 0.253 e. The minimum absolute atomic E-state index is 0.0217. The molecule has 1 aliphatic heterocycles. The number of nitrogens with zero attached hydrogens (tertiary/aromatic N) is 1. The molecule has 1 saturated heterocycles. The molecule has 5 nitrogen and oxygen atoms in total. The van der Waals surface area contributed by atoms with Gasteiger partial charge in [0, 0.05) is 37.3 Å². The molecule has 1 aromatic carbocycles. The fourth-order valence-electron chi connectivity index (χ4n) is 2.78. The molecule has 0 bridgehead atoms. The average Bonchev–Trinajstić information content (AvgIpc) is 2.55. The molecule has 1 aliphatic rings. The third-order valence-electron chi connectivity index (χ3n) is 4.42. The second kappa shape index (κ2) is 8.11. The Morgan fingerprint density at radius 3 is 2.57 bits per heavy atom. The first-order chi connectivity index (χ1) is 11.0. The van der Waals surface area contributed by atoms with Gasteiger partial charge >= 0.3 is 0 Å². The van der Waals surface area contributed by atoms with E-state index >= 15 is 0 Å². The molecule has 0 saturated carbocycles. The largest absolute Gasteiger partial charge is 0.339 e. The normalized spacial score (nSPS) is 15.5. The summed E-state index contributed by atoms with van der Waals surface area (Å²) in [5.41, 5.74) is 2.39. The SMILES string of the molecule is CNCCC(=O)Nc1ccc(C(=O)N2CCC(C)CC2)cc1C. The number of aryl methyl sites for hydroxylation is 1. The third kappa shape index (κ3) is 4.79. The van der Waals surface area contributed by atoms with Gasteiger partial charge < -0.3 is 15.5 Å². The van der Waals surface area contributed by atoms with Crippen molar-refractivity contribution in [1.29, 1.82) is 0 Å². The van der Waals surface area contributed by atoms with Gasteiger partial charge in [-0.25, -0.2) is 0 Å². The van der Waals surface area contributed by atoms with Crippen LogP contribution in [0.25, 0.3) is 0 Å². The van der Waals surface area contributed by atoms with Crippen LogP contribution in [0.1, 0.15) is 42.1 Å². The highest BCUT2D eigenvalue weighted by molar-refractivity contribution is 5.96. The molecule has 0 atom stereocenters. The number of hydrogen-bond donors (Lipinski definition) is 2. The summed E-state index contributed by atoms with van der Waals surface area (Å²) in [6.07, 6.45) is 2.58. The first-order valence-corrected chi connectivity index (χ1v) is 8.35. The predicted octanol–water partition coefficient (Wildman–Crippen LogP) is 2.42. The number of rotatable bonds is 5. The van der Waals surface area contributed by atoms with E-state index in [-0.39, 0.29) is 11.8 Å². The van der Waals surface area contributed by atoms with Crippen molar-refractivity contribution in [3.8, 4) is 0 Å². The van der Waals surface area contributed by atoms with Crippen molar-refractivity contribution in [1.82, 2.24) is 10.2 Å². The summed E-state index contributed by atoms with van der Waals surface area (Å²) in [7, 11) is 1.82. The summed E-state index contributed by atoms with van der Waals surface area (Å²) in [6.45, 7) is 6.47. The van der Waals surface area contributed by atoms with E-state index in [1.807, 2.05) is 31.0 Å². The van der Waals surface area contributed by atoms with E-state index < -0.39 is 0 Å². The Labute approximate surface area is 138 Å². The molecule has 0 unspecified atom stereocenters. The quantitative estimate of drug-likeness (QED) is 0.877. The number of carbonyl (C=O) groups excluding carboxylic acids is 2. The summed E-state index contributed by atoms with van der Waals surface area (Å²) in [5.74, 6) is 0.774. The Morgan fingerprint density at radius 2 is 1.96 bits per heavy atom. The maximum atomic E-state index is 12.6. The lowest BCUT2D eigenvalue weighted by atomic mass is 9.98. The van der Waals surface area contributed by atoms with E-state index in [0.29, 0.717) is 24.4 Å². The molecule has 126 valence electrons. The van der Waals surface area contributed by atoms with Gasteiger partial charge in [-0.2, -0.15) is 0 Å². The highest BCUT2D eigenvalue weighted by Crippen LogP contribution is 2.21. The fraction of sp³-hybridized carbons (Fsp3) is 0.556. The molecular formula is C18H27N3O2. The van der Waals surface area contributed by atoms with Crippen molar-refractivity contribution >= 4 is 17.5 Å². The second-order valence-electron chi connectivity index (χ2n) is 6.41. The second-order valence-corrected chi connectivity index (χ2v) is 6.41. The minimum Gasteiger partial charge on any atom is -0.339 e. The number of benzene rings is 1. The number of likely N-dealkylation sites (tertiary alicyclic amines) is 1. The van der Waals surface area contributed by atoms with E-state index in [0.717, 1.165) is 37.2 Å². The van der Waals surface area contributed by atoms with Crippen LogP contribution in [-0.2, 0) is 4.79 Å². The fourth-order valence-corrected chi connectivity index (χ4v) is 2.78. The summed E-state index contributed by atoms with van der Waals surface area (Å²) < 4.78 is 0. The Morgan fingerprint density at radius 1 is 1.26 bits per heavy atom. The van der Waals surface area contributed by atoms with E-state index in [2.05, 4.69) is 17.6 Å². The van der Waals surface area contributed by atoms with Crippen LogP contribution >= 0.6 is 0 Å². The summed E-state index contributed by atoms with van der Waals surface area (Å²) in [5, 5.41) is 5.84. The van der Waals surface area contributed by atoms with Crippen molar-refractivity contribution < 1.29 is 9.59 Å². The number of amides is 2. The molecule has 2 amide bonds. The Bertz CT molecular complexity index is 563. The van der Waals surface area contributed by atoms with Gasteiger partial charge in [-0.05, 0) is 56.5 Å². The number of piperidine rings is 1. The molecule has 0 spiro atoms. The van der Waals surface area contributed by atoms with Gasteiger partial charge in [-0.3, -0.25) is 9.59 Å². The Kier molecular flexibility index (Phi) is 6.16. The van der Waals surface area contributed by atoms with Gasteiger partial charge in [0.1, 0.15) is 0 Å². The number of hydrogen-bond acceptors (Lipinski definition) is 3. The zero-order valence-corrected chi connectivity index (χ0v) is 14.3. The third-order valence-corrected chi connectivity index (χ3v) is 4.42. The number of anilines is 1. The molecule has 5 heteroatoms. The summed E-state index contributed by atoms with van der Waals surface area (Å²) in [4.78, 5) is 26.3. The van der Waals surface area contributed by atoms with Gasteiger partial charge in [0.25, 0.3) is 5.91 Å². The lowest BCUT2D eigenvalue weighted by Gasteiger charge is -2.30. The zero-order valence-electron chi connectivity index (χ0n) is 14.3. The van der Waals surface area contributed by atoms with Gasteiger partial charge in [0.2, 0.25) is 5.91 Å². The van der Waals surface area contributed by atoms with Crippen LogP contribution in [0.4, 0.5) is 5.69 Å². The molecule has 1 heterocycles. The average molecular weight is 317 g/mol. The molecule has 0 aliphatic carbocycles. The Hall–Kier alpha value is -1.88. The van der Waals surface area contributed by atoms with Crippen molar-refractivity contribution in [2.24, 2.45) is 5.92 Å². The maximum Gasteiger partial charge on any atom is 0.253 e. The Balaban J connectivity index is 2.01. The van der Waals surface area contributed by atoms with E-state index in [4.69, 9.17) is 0 Å². The molecule has 1 aromatic rings. The number of nitrogens with one attached hydrogen (secondary N) is 2. The van der Waals surface area contributed by atoms with Crippen LogP contribution in [0.2, 0.25) is 0 Å². The molecule has 0 radical (unpaired) electrons. The van der Waals surface area contributed by atoms with Gasteiger partial charge in [0.15, 0.2) is 0 Å². The molecule has 0 aromatic heterocycles. The predicted molar refractivity (Wildman–Crippen MR) is 92.7 cm³/mol. The molecule has 1 fully saturated rings. The first kappa shape index (κ1) is 17.5. The lowest BCUT2D eigenvalue weighted by Crippen LogP contribution is -2.37. The maximum absolute atomic E-state index is 12.6. The standard InChI is InChI=1S/C18H27N3O2/c1-13-7-10-21(11-8-13)18(23)15-4-5-16(14(2)12-15)20-17(22)6-9-19-3/h4-5,12-13,19H,6-11H2,1-3H3,(H,20,22). The zero-order chi connectivity index (χ0) is 16.8. The van der Waals surface area contributed by atoms with Crippen LogP contribution in [0.3, 0.4) is 0 Å². The van der Waals surface area contributed by atoms with Crippen LogP contribution in [0.5, 0.6) is 0 Å². The van der Waals surface area contributed by atoms with Gasteiger partial charge in [-0.15, -0.1) is 0 Å². The minimum atomic E-state index is -0.0217. The van der Waals surface area contributed by atoms with Gasteiger partial charge in [0.05, 0.1) is 0 Å². The lowest BCUT2D eigenvalue weighted by molar-refractivity contribution is -0.116. The van der Waals surface area contributed by atoms with E-state index in [1.165, 1.54) is 0 Å². The molecule has 2 N–H and O–H groups in total. The molecule has 23 heavy (non-hydrogen) atoms. The van der Waals surface area contributed by atoms with Crippen LogP contribution in [0.15, 0.2) is 18.2 Å². The van der Waals surface area contributed by atoms with Crippen molar-refractivity contribution in [2.45, 2.75) is 33.1 Å². The van der Waals surface area contributed by atoms with Crippen LogP contribution < -0.4 is 10.6 Å². The first-order valence-electron chi connectivity index (χ1n) is 8.35. The molecular weight excluding hydrogens is 290 g/mol. The van der Waals surface area contributed by atoms with E-state index in [1.54, 1.807) is 6.07 Å². The van der Waals surface area contributed by atoms with Crippen molar-refractivity contribution in [3.63, 3.8) is 0 Å². The van der Waals surface area contributed by atoms with Gasteiger partial charge in [-0.1, -0.05) is 6.92 Å². The van der Waals surface area contributed by atoms with Crippen LogP contribution in [-0.4, -0.2) is 43.4 Å². The molecule has 2 rings (SSSR count). The van der Waals surface area contributed by atoms with E-state index in [9.17, 15) is 9.59 Å². The highest BCUT2D eigenvalue weighted by atomic mass is 16.2. The number of carbonyl (C=O) groups is 2. The van der Waals surface area contributed by atoms with Crippen molar-refractivity contribution in [2.75, 3.05) is 32.0 Å². The van der Waals surface area contributed by atoms with Crippen molar-refractivity contribution in [3.05, 3.63) is 29.3 Å². The van der Waals surface area contributed by atoms with Crippen LogP contribution in [0, 0.1) is 12.8 Å².